The summed E-state index contributed by atoms with van der Waals surface area (Å²) in [5.74, 6) is 0.682. The van der Waals surface area contributed by atoms with E-state index in [1.54, 1.807) is 18.7 Å². The van der Waals surface area contributed by atoms with Gasteiger partial charge >= 0.3 is 0 Å². The lowest BCUT2D eigenvalue weighted by molar-refractivity contribution is 0.414. The van der Waals surface area contributed by atoms with E-state index in [-0.39, 0.29) is 16.9 Å². The number of thiazole rings is 1. The maximum absolute atomic E-state index is 13.4. The number of ether oxygens (including phenoxy) is 1. The Balaban J connectivity index is 1.71. The van der Waals surface area contributed by atoms with E-state index in [9.17, 15) is 9.90 Å². The van der Waals surface area contributed by atoms with Gasteiger partial charge in [-0.15, -0.1) is 0 Å². The molecule has 5 rings (SSSR count). The molecule has 2 aromatic heterocycles. The fourth-order valence-electron chi connectivity index (χ4n) is 3.94. The average molecular weight is 444 g/mol. The minimum Gasteiger partial charge on any atom is -0.507 e. The van der Waals surface area contributed by atoms with Crippen molar-refractivity contribution in [3.8, 4) is 11.5 Å². The molecule has 0 aliphatic rings. The van der Waals surface area contributed by atoms with Gasteiger partial charge in [0.1, 0.15) is 11.5 Å². The third kappa shape index (κ3) is 3.36. The number of aryl methyl sites for hydroxylation is 1. The largest absolute Gasteiger partial charge is 0.507 e. The van der Waals surface area contributed by atoms with Crippen LogP contribution in [0.5, 0.6) is 11.5 Å². The first kappa shape index (κ1) is 20.1. The number of aromatic hydroxyl groups is 1. The molecule has 3 aromatic carbocycles. The molecule has 7 heteroatoms. The quantitative estimate of drug-likeness (QED) is 0.397. The molecule has 160 valence electrons. The van der Waals surface area contributed by atoms with Gasteiger partial charge in [-0.2, -0.15) is 0 Å². The van der Waals surface area contributed by atoms with Gasteiger partial charge < -0.3 is 19.7 Å². The normalized spacial score (nSPS) is 12.2. The second-order valence-electron chi connectivity index (χ2n) is 7.48. The predicted octanol–water partition coefficient (Wildman–Crippen LogP) is 5.06. The van der Waals surface area contributed by atoms with Gasteiger partial charge in [-0.05, 0) is 42.0 Å². The molecule has 5 aromatic rings. The number of hydrogen-bond acceptors (Lipinski definition) is 6. The summed E-state index contributed by atoms with van der Waals surface area (Å²) in [6, 6.07) is 22.0. The van der Waals surface area contributed by atoms with Crippen molar-refractivity contribution >= 4 is 37.6 Å². The van der Waals surface area contributed by atoms with Gasteiger partial charge in [-0.3, -0.25) is 4.79 Å². The predicted molar refractivity (Wildman–Crippen MR) is 129 cm³/mol. The van der Waals surface area contributed by atoms with E-state index in [1.807, 2.05) is 72.8 Å². The lowest BCUT2D eigenvalue weighted by atomic mass is 9.97. The van der Waals surface area contributed by atoms with Crippen LogP contribution in [0.3, 0.4) is 0 Å². The molecule has 0 amide bonds. The fourth-order valence-corrected chi connectivity index (χ4v) is 4.83. The van der Waals surface area contributed by atoms with Crippen LogP contribution < -0.4 is 15.6 Å². The summed E-state index contributed by atoms with van der Waals surface area (Å²) < 4.78 is 7.90. The van der Waals surface area contributed by atoms with Gasteiger partial charge in [0.2, 0.25) is 0 Å². The van der Waals surface area contributed by atoms with E-state index in [1.165, 1.54) is 11.3 Å². The first-order valence-electron chi connectivity index (χ1n) is 10.1. The third-order valence-corrected chi connectivity index (χ3v) is 6.58. The zero-order chi connectivity index (χ0) is 22.2. The van der Waals surface area contributed by atoms with Crippen LogP contribution in [0, 0.1) is 0 Å². The van der Waals surface area contributed by atoms with Gasteiger partial charge in [-0.1, -0.05) is 47.7 Å². The summed E-state index contributed by atoms with van der Waals surface area (Å²) >= 11 is 1.50. The van der Waals surface area contributed by atoms with Crippen LogP contribution in [0.15, 0.2) is 77.6 Å². The topological polar surface area (TPSA) is 76.4 Å². The van der Waals surface area contributed by atoms with Gasteiger partial charge in [-0.25, -0.2) is 4.98 Å². The Morgan fingerprint density at radius 2 is 1.75 bits per heavy atom. The van der Waals surface area contributed by atoms with E-state index in [0.717, 1.165) is 15.8 Å². The van der Waals surface area contributed by atoms with Crippen LogP contribution in [0.25, 0.3) is 21.1 Å². The number of nitrogens with zero attached hydrogens (tertiary/aromatic N) is 2. The second-order valence-corrected chi connectivity index (χ2v) is 8.51. The summed E-state index contributed by atoms with van der Waals surface area (Å²) in [4.78, 5) is 18.1. The Kier molecular flexibility index (Phi) is 5.03. The molecule has 0 saturated carbocycles. The number of fused-ring (bicyclic) bond motifs is 2. The molecule has 0 radical (unpaired) electrons. The number of hydrogen-bond donors (Lipinski definition) is 2. The van der Waals surface area contributed by atoms with Crippen molar-refractivity contribution in [1.29, 1.82) is 0 Å². The molecule has 0 bridgehead atoms. The number of nitrogens with one attached hydrogen (secondary N) is 1. The van der Waals surface area contributed by atoms with E-state index < -0.39 is 6.04 Å². The molecular formula is C25H21N3O3S. The Hall–Kier alpha value is -3.84. The number of methoxy groups -OCH3 is 1. The number of anilines is 1. The fraction of sp³-hybridized carbons (Fsp3) is 0.120. The van der Waals surface area contributed by atoms with Crippen molar-refractivity contribution in [1.82, 2.24) is 9.55 Å². The Morgan fingerprint density at radius 1 is 1.03 bits per heavy atom. The molecule has 1 unspecified atom stereocenters. The van der Waals surface area contributed by atoms with E-state index in [2.05, 4.69) is 10.3 Å². The molecular weight excluding hydrogens is 422 g/mol. The van der Waals surface area contributed by atoms with Crippen molar-refractivity contribution in [3.05, 3.63) is 94.3 Å². The summed E-state index contributed by atoms with van der Waals surface area (Å²) in [7, 11) is 3.33. The van der Waals surface area contributed by atoms with Gasteiger partial charge in [0.05, 0.1) is 34.4 Å². The first-order chi connectivity index (χ1) is 15.6. The highest BCUT2D eigenvalue weighted by molar-refractivity contribution is 7.22. The van der Waals surface area contributed by atoms with Crippen LogP contribution >= 0.6 is 11.3 Å². The molecule has 6 nitrogen and oxygen atoms in total. The summed E-state index contributed by atoms with van der Waals surface area (Å²) in [6.45, 7) is 0. The number of pyridine rings is 1. The third-order valence-electron chi connectivity index (χ3n) is 5.61. The van der Waals surface area contributed by atoms with Gasteiger partial charge in [0, 0.05) is 12.4 Å². The lowest BCUT2D eigenvalue weighted by Gasteiger charge is -2.22. The number of benzene rings is 3. The minimum absolute atomic E-state index is 0.0295. The number of rotatable bonds is 5. The highest BCUT2D eigenvalue weighted by Crippen LogP contribution is 2.37. The standard InChI is InChI=1S/C25H21N3O3S/c1-28-19-9-5-3-7-17(19)23(29)21(24(28)30)22(15-11-13-16(31-2)14-12-15)27-25-26-18-8-4-6-10-20(18)32-25/h3-14,22,29H,1-2H3,(H,26,27). The maximum atomic E-state index is 13.4. The SMILES string of the molecule is COc1ccc(C(Nc2nc3ccccc3s2)c2c(O)c3ccccc3n(C)c2=O)cc1. The average Bonchev–Trinajstić information content (AvgIpc) is 3.25. The number of aromatic nitrogens is 2. The molecule has 1 atom stereocenters. The molecule has 2 N–H and O–H groups in total. The Labute approximate surface area is 188 Å². The lowest BCUT2D eigenvalue weighted by Crippen LogP contribution is -2.27. The van der Waals surface area contributed by atoms with E-state index in [0.29, 0.717) is 21.8 Å². The van der Waals surface area contributed by atoms with Crippen LogP contribution in [0.1, 0.15) is 17.2 Å². The molecule has 0 aliphatic heterocycles. The highest BCUT2D eigenvalue weighted by atomic mass is 32.1. The maximum Gasteiger partial charge on any atom is 0.260 e. The molecule has 0 fully saturated rings. The first-order valence-corrected chi connectivity index (χ1v) is 10.9. The van der Waals surface area contributed by atoms with Crippen LogP contribution in [-0.4, -0.2) is 21.8 Å². The van der Waals surface area contributed by atoms with Crippen molar-refractivity contribution in [2.24, 2.45) is 7.05 Å². The van der Waals surface area contributed by atoms with Crippen molar-refractivity contribution in [3.63, 3.8) is 0 Å². The number of para-hydroxylation sites is 2. The Morgan fingerprint density at radius 3 is 2.50 bits per heavy atom. The van der Waals surface area contributed by atoms with Crippen molar-refractivity contribution in [2.45, 2.75) is 6.04 Å². The molecule has 0 spiro atoms. The highest BCUT2D eigenvalue weighted by Gasteiger charge is 2.26. The van der Waals surface area contributed by atoms with Gasteiger partial charge in [0.25, 0.3) is 5.56 Å². The molecule has 0 saturated heterocycles. The molecule has 0 aliphatic carbocycles. The van der Waals surface area contributed by atoms with Crippen LogP contribution in [0.4, 0.5) is 5.13 Å². The molecule has 32 heavy (non-hydrogen) atoms. The zero-order valence-electron chi connectivity index (χ0n) is 17.6. The Bertz CT molecular complexity index is 1460. The van der Waals surface area contributed by atoms with Crippen molar-refractivity contribution < 1.29 is 9.84 Å². The van der Waals surface area contributed by atoms with Crippen LogP contribution in [-0.2, 0) is 7.05 Å². The zero-order valence-corrected chi connectivity index (χ0v) is 18.4. The summed E-state index contributed by atoms with van der Waals surface area (Å²) in [5.41, 5.74) is 2.37. The van der Waals surface area contributed by atoms with E-state index >= 15 is 0 Å². The monoisotopic (exact) mass is 443 g/mol. The summed E-state index contributed by atoms with van der Waals surface area (Å²) in [5, 5.41) is 15.9. The van der Waals surface area contributed by atoms with Gasteiger partial charge in [0.15, 0.2) is 5.13 Å². The molecule has 2 heterocycles. The van der Waals surface area contributed by atoms with Crippen molar-refractivity contribution in [2.75, 3.05) is 12.4 Å². The smallest absolute Gasteiger partial charge is 0.260 e. The second kappa shape index (κ2) is 8.01. The summed E-state index contributed by atoms with van der Waals surface area (Å²) in [6.07, 6.45) is 0. The minimum atomic E-state index is -0.607. The van der Waals surface area contributed by atoms with E-state index in [4.69, 9.17) is 4.74 Å². The van der Waals surface area contributed by atoms with Crippen LogP contribution in [0.2, 0.25) is 0 Å².